The summed E-state index contributed by atoms with van der Waals surface area (Å²) < 4.78 is 7.10. The molecule has 0 fully saturated rings. The highest BCUT2D eigenvalue weighted by molar-refractivity contribution is 6.30. The van der Waals surface area contributed by atoms with Crippen molar-refractivity contribution < 1.29 is 9.53 Å². The summed E-state index contributed by atoms with van der Waals surface area (Å²) in [6.45, 7) is 8.81. The van der Waals surface area contributed by atoms with Crippen LogP contribution in [0.15, 0.2) is 54.6 Å². The lowest BCUT2D eigenvalue weighted by atomic mass is 10.0. The van der Waals surface area contributed by atoms with Crippen molar-refractivity contribution in [3.05, 3.63) is 70.9 Å². The second-order valence-corrected chi connectivity index (χ2v) is 8.19. The molecule has 0 atom stereocenters. The van der Waals surface area contributed by atoms with Crippen LogP contribution in [-0.4, -0.2) is 27.9 Å². The Morgan fingerprint density at radius 3 is 2.30 bits per heavy atom. The van der Waals surface area contributed by atoms with E-state index in [-0.39, 0.29) is 17.9 Å². The Kier molecular flexibility index (Phi) is 8.07. The third-order valence-corrected chi connectivity index (χ3v) is 4.62. The number of esters is 1. The molecule has 1 N–H and O–H groups in total. The van der Waals surface area contributed by atoms with E-state index < -0.39 is 5.97 Å². The third kappa shape index (κ3) is 5.63. The molecular formula is C23H27Cl2N3O2. The molecule has 0 unspecified atom stereocenters. The molecule has 0 spiro atoms. The van der Waals surface area contributed by atoms with Crippen molar-refractivity contribution in [2.75, 3.05) is 6.61 Å². The number of benzene rings is 2. The van der Waals surface area contributed by atoms with E-state index in [1.165, 1.54) is 0 Å². The molecule has 160 valence electrons. The molecule has 0 amide bonds. The Morgan fingerprint density at radius 1 is 1.10 bits per heavy atom. The van der Waals surface area contributed by atoms with Crippen LogP contribution >= 0.6 is 24.0 Å². The van der Waals surface area contributed by atoms with Crippen molar-refractivity contribution in [2.24, 2.45) is 0 Å². The fourth-order valence-corrected chi connectivity index (χ4v) is 3.12. The summed E-state index contributed by atoms with van der Waals surface area (Å²) >= 11 is 6.10. The average Bonchev–Trinajstić information content (AvgIpc) is 3.07. The molecule has 3 aromatic rings. The zero-order valence-corrected chi connectivity index (χ0v) is 19.2. The van der Waals surface area contributed by atoms with Crippen LogP contribution in [0.3, 0.4) is 0 Å². The summed E-state index contributed by atoms with van der Waals surface area (Å²) in [6.07, 6.45) is 0. The standard InChI is InChI=1S/C23H26ClN3O2.ClH/c1-5-29-22(28)20-19(15-25-23(2,3)4)21(16-11-13-17(24)14-12-16)27(26-20)18-9-7-6-8-10-18;/h6-14,25H,5,15H2,1-4H3;1H. The van der Waals surface area contributed by atoms with E-state index in [1.807, 2.05) is 54.6 Å². The highest BCUT2D eigenvalue weighted by Crippen LogP contribution is 2.31. The first-order valence-electron chi connectivity index (χ1n) is 9.65. The highest BCUT2D eigenvalue weighted by atomic mass is 35.5. The number of hydrogen-bond donors (Lipinski definition) is 1. The normalized spacial score (nSPS) is 11.1. The van der Waals surface area contributed by atoms with Crippen molar-refractivity contribution in [1.29, 1.82) is 0 Å². The molecule has 5 nitrogen and oxygen atoms in total. The molecule has 0 saturated heterocycles. The minimum atomic E-state index is -0.428. The van der Waals surface area contributed by atoms with Crippen molar-refractivity contribution in [3.8, 4) is 16.9 Å². The van der Waals surface area contributed by atoms with E-state index in [2.05, 4.69) is 31.2 Å². The number of nitrogens with zero attached hydrogens (tertiary/aromatic N) is 2. The minimum absolute atomic E-state index is 0. The van der Waals surface area contributed by atoms with E-state index in [1.54, 1.807) is 11.6 Å². The second-order valence-electron chi connectivity index (χ2n) is 7.75. The third-order valence-electron chi connectivity index (χ3n) is 4.37. The lowest BCUT2D eigenvalue weighted by Crippen LogP contribution is -2.35. The Bertz CT molecular complexity index is 978. The van der Waals surface area contributed by atoms with Crippen molar-refractivity contribution >= 4 is 30.0 Å². The molecule has 1 heterocycles. The Labute approximate surface area is 188 Å². The van der Waals surface area contributed by atoms with Crippen molar-refractivity contribution in [1.82, 2.24) is 15.1 Å². The molecule has 7 heteroatoms. The van der Waals surface area contributed by atoms with Crippen LogP contribution in [0, 0.1) is 0 Å². The van der Waals surface area contributed by atoms with E-state index in [0.29, 0.717) is 23.9 Å². The Morgan fingerprint density at radius 2 is 1.73 bits per heavy atom. The predicted molar refractivity (Wildman–Crippen MR) is 124 cm³/mol. The first kappa shape index (κ1) is 23.9. The molecule has 1 aromatic heterocycles. The number of hydrogen-bond acceptors (Lipinski definition) is 4. The lowest BCUT2D eigenvalue weighted by Gasteiger charge is -2.21. The number of nitrogens with one attached hydrogen (secondary N) is 1. The number of rotatable bonds is 6. The molecule has 0 aliphatic rings. The molecule has 30 heavy (non-hydrogen) atoms. The number of carbonyl (C=O) groups excluding carboxylic acids is 1. The SMILES string of the molecule is CCOC(=O)c1nn(-c2ccccc2)c(-c2ccc(Cl)cc2)c1CNC(C)(C)C.Cl. The van der Waals surface area contributed by atoms with Gasteiger partial charge in [-0.2, -0.15) is 5.10 Å². The van der Waals surface area contributed by atoms with Gasteiger partial charge in [0.15, 0.2) is 5.69 Å². The van der Waals surface area contributed by atoms with Gasteiger partial charge < -0.3 is 10.1 Å². The van der Waals surface area contributed by atoms with Crippen LogP contribution in [0.1, 0.15) is 43.7 Å². The predicted octanol–water partition coefficient (Wildman–Crippen LogP) is 5.68. The van der Waals surface area contributed by atoms with Gasteiger partial charge in [0.05, 0.1) is 18.0 Å². The summed E-state index contributed by atoms with van der Waals surface area (Å²) in [4.78, 5) is 12.7. The van der Waals surface area contributed by atoms with Gasteiger partial charge in [-0.1, -0.05) is 41.9 Å². The largest absolute Gasteiger partial charge is 0.461 e. The van der Waals surface area contributed by atoms with E-state index in [9.17, 15) is 4.79 Å². The van der Waals surface area contributed by atoms with Gasteiger partial charge in [-0.15, -0.1) is 12.4 Å². The summed E-state index contributed by atoms with van der Waals surface area (Å²) in [6, 6.07) is 17.3. The number of ether oxygens (including phenoxy) is 1. The monoisotopic (exact) mass is 447 g/mol. The fourth-order valence-electron chi connectivity index (χ4n) is 3.00. The van der Waals surface area contributed by atoms with Crippen molar-refractivity contribution in [2.45, 2.75) is 39.8 Å². The van der Waals surface area contributed by atoms with Gasteiger partial charge in [-0.05, 0) is 52.0 Å². The van der Waals surface area contributed by atoms with Gasteiger partial charge in [0.2, 0.25) is 0 Å². The smallest absolute Gasteiger partial charge is 0.359 e. The number of para-hydroxylation sites is 1. The topological polar surface area (TPSA) is 56.1 Å². The molecule has 0 radical (unpaired) electrons. The van der Waals surface area contributed by atoms with Crippen LogP contribution in [0.25, 0.3) is 16.9 Å². The quantitative estimate of drug-likeness (QED) is 0.493. The number of aromatic nitrogens is 2. The maximum absolute atomic E-state index is 12.7. The Balaban J connectivity index is 0.00000320. The van der Waals surface area contributed by atoms with Crippen LogP contribution < -0.4 is 5.32 Å². The van der Waals surface area contributed by atoms with Gasteiger partial charge in [0.25, 0.3) is 0 Å². The van der Waals surface area contributed by atoms with Gasteiger partial charge in [-0.25, -0.2) is 9.48 Å². The Hall–Kier alpha value is -2.34. The fraction of sp³-hybridized carbons (Fsp3) is 0.304. The summed E-state index contributed by atoms with van der Waals surface area (Å²) in [5, 5.41) is 8.79. The molecule has 0 aliphatic heterocycles. The maximum Gasteiger partial charge on any atom is 0.359 e. The molecule has 0 saturated carbocycles. The second kappa shape index (κ2) is 10.1. The van der Waals surface area contributed by atoms with E-state index in [4.69, 9.17) is 16.3 Å². The molecule has 2 aromatic carbocycles. The maximum atomic E-state index is 12.7. The summed E-state index contributed by atoms with van der Waals surface area (Å²) in [7, 11) is 0. The van der Waals surface area contributed by atoms with E-state index >= 15 is 0 Å². The van der Waals surface area contributed by atoms with Crippen molar-refractivity contribution in [3.63, 3.8) is 0 Å². The van der Waals surface area contributed by atoms with Gasteiger partial charge in [0, 0.05) is 28.2 Å². The molecule has 0 aliphatic carbocycles. The number of halogens is 2. The van der Waals surface area contributed by atoms with Gasteiger partial charge >= 0.3 is 5.97 Å². The minimum Gasteiger partial charge on any atom is -0.461 e. The first-order chi connectivity index (χ1) is 13.8. The van der Waals surface area contributed by atoms with Crippen LogP contribution in [0.2, 0.25) is 5.02 Å². The summed E-state index contributed by atoms with van der Waals surface area (Å²) in [5.41, 5.74) is 3.62. The van der Waals surface area contributed by atoms with Crippen LogP contribution in [0.5, 0.6) is 0 Å². The number of carbonyl (C=O) groups is 1. The van der Waals surface area contributed by atoms with Crippen LogP contribution in [0.4, 0.5) is 0 Å². The summed E-state index contributed by atoms with van der Waals surface area (Å²) in [5.74, 6) is -0.428. The van der Waals surface area contributed by atoms with Gasteiger partial charge in [0.1, 0.15) is 0 Å². The van der Waals surface area contributed by atoms with Gasteiger partial charge in [-0.3, -0.25) is 0 Å². The average molecular weight is 448 g/mol. The highest BCUT2D eigenvalue weighted by Gasteiger charge is 2.26. The lowest BCUT2D eigenvalue weighted by molar-refractivity contribution is 0.0517. The molecule has 3 rings (SSSR count). The zero-order valence-electron chi connectivity index (χ0n) is 17.6. The van der Waals surface area contributed by atoms with E-state index in [0.717, 1.165) is 22.5 Å². The van der Waals surface area contributed by atoms with Crippen LogP contribution in [-0.2, 0) is 11.3 Å². The molecular weight excluding hydrogens is 421 g/mol. The molecule has 0 bridgehead atoms. The first-order valence-corrected chi connectivity index (χ1v) is 10.0. The zero-order chi connectivity index (χ0) is 21.0.